The molecule has 0 amide bonds. The molecule has 82 valence electrons. The average molecular weight is 333 g/mol. The lowest BCUT2D eigenvalue weighted by Gasteiger charge is -2.22. The van der Waals surface area contributed by atoms with Gasteiger partial charge in [0.15, 0.2) is 0 Å². The molecule has 0 heterocycles. The van der Waals surface area contributed by atoms with Crippen LogP contribution < -0.4 is 5.32 Å². The molecule has 1 atom stereocenters. The number of anilines is 1. The standard InChI is InChI=1S/C12H15Br2N/c1-8(12(2)5-6-12)15-11-7-9(13)3-4-10(11)14/h3-4,7-8,15H,5-6H2,1-2H3. The molecule has 1 fully saturated rings. The fourth-order valence-electron chi connectivity index (χ4n) is 1.65. The van der Waals surface area contributed by atoms with Gasteiger partial charge in [0.25, 0.3) is 0 Å². The third-order valence-electron chi connectivity index (χ3n) is 3.38. The first kappa shape index (κ1) is 11.5. The second kappa shape index (κ2) is 4.10. The lowest BCUT2D eigenvalue weighted by Crippen LogP contribution is -2.25. The fraction of sp³-hybridized carbons (Fsp3) is 0.500. The Morgan fingerprint density at radius 3 is 2.60 bits per heavy atom. The van der Waals surface area contributed by atoms with Gasteiger partial charge in [-0.3, -0.25) is 0 Å². The highest BCUT2D eigenvalue weighted by Gasteiger charge is 2.42. The van der Waals surface area contributed by atoms with Crippen LogP contribution in [0.5, 0.6) is 0 Å². The van der Waals surface area contributed by atoms with Gasteiger partial charge >= 0.3 is 0 Å². The molecular weight excluding hydrogens is 318 g/mol. The minimum absolute atomic E-state index is 0.502. The Labute approximate surface area is 108 Å². The van der Waals surface area contributed by atoms with Gasteiger partial charge in [-0.2, -0.15) is 0 Å². The van der Waals surface area contributed by atoms with Crippen molar-refractivity contribution >= 4 is 37.5 Å². The maximum absolute atomic E-state index is 3.58. The van der Waals surface area contributed by atoms with E-state index in [2.05, 4.69) is 63.2 Å². The summed E-state index contributed by atoms with van der Waals surface area (Å²) in [6.07, 6.45) is 2.68. The third kappa shape index (κ3) is 2.56. The Hall–Kier alpha value is -0.0200. The van der Waals surface area contributed by atoms with Crippen molar-refractivity contribution in [2.75, 3.05) is 5.32 Å². The molecule has 0 aromatic heterocycles. The highest BCUT2D eigenvalue weighted by Crippen LogP contribution is 2.49. The molecule has 2 rings (SSSR count). The van der Waals surface area contributed by atoms with Crippen LogP contribution in [0, 0.1) is 5.41 Å². The molecule has 1 nitrogen and oxygen atoms in total. The quantitative estimate of drug-likeness (QED) is 0.837. The number of halogens is 2. The van der Waals surface area contributed by atoms with Gasteiger partial charge in [0.1, 0.15) is 0 Å². The normalized spacial score (nSPS) is 19.7. The molecule has 3 heteroatoms. The molecule has 0 aliphatic heterocycles. The van der Waals surface area contributed by atoms with Gasteiger partial charge in [-0.25, -0.2) is 0 Å². The van der Waals surface area contributed by atoms with E-state index in [4.69, 9.17) is 0 Å². The van der Waals surface area contributed by atoms with E-state index < -0.39 is 0 Å². The van der Waals surface area contributed by atoms with Gasteiger partial charge in [0, 0.05) is 20.7 Å². The van der Waals surface area contributed by atoms with Gasteiger partial charge < -0.3 is 5.32 Å². The molecule has 0 bridgehead atoms. The number of nitrogens with one attached hydrogen (secondary N) is 1. The highest BCUT2D eigenvalue weighted by atomic mass is 79.9. The number of rotatable bonds is 3. The van der Waals surface area contributed by atoms with Crippen LogP contribution in [-0.4, -0.2) is 6.04 Å². The molecule has 1 unspecified atom stereocenters. The largest absolute Gasteiger partial charge is 0.381 e. The number of hydrogen-bond donors (Lipinski definition) is 1. The SMILES string of the molecule is CC(Nc1cc(Br)ccc1Br)C1(C)CC1. The van der Waals surface area contributed by atoms with Crippen LogP contribution in [-0.2, 0) is 0 Å². The first-order chi connectivity index (χ1) is 7.01. The van der Waals surface area contributed by atoms with E-state index in [1.165, 1.54) is 18.5 Å². The molecule has 1 aliphatic rings. The molecule has 1 aromatic rings. The van der Waals surface area contributed by atoms with Crippen molar-refractivity contribution in [2.24, 2.45) is 5.41 Å². The van der Waals surface area contributed by atoms with Crippen LogP contribution in [0.15, 0.2) is 27.1 Å². The van der Waals surface area contributed by atoms with Gasteiger partial charge in [0.2, 0.25) is 0 Å². The number of benzene rings is 1. The summed E-state index contributed by atoms with van der Waals surface area (Å²) in [6, 6.07) is 6.75. The van der Waals surface area contributed by atoms with E-state index in [9.17, 15) is 0 Å². The molecule has 0 radical (unpaired) electrons. The van der Waals surface area contributed by atoms with Crippen LogP contribution in [0.3, 0.4) is 0 Å². The van der Waals surface area contributed by atoms with Crippen molar-refractivity contribution in [2.45, 2.75) is 32.7 Å². The van der Waals surface area contributed by atoms with Gasteiger partial charge in [-0.1, -0.05) is 22.9 Å². The predicted octanol–water partition coefficient (Wildman–Crippen LogP) is 4.81. The fourth-order valence-corrected chi connectivity index (χ4v) is 2.37. The van der Waals surface area contributed by atoms with Crippen molar-refractivity contribution in [3.05, 3.63) is 27.1 Å². The van der Waals surface area contributed by atoms with Crippen molar-refractivity contribution in [3.63, 3.8) is 0 Å². The van der Waals surface area contributed by atoms with Gasteiger partial charge in [-0.15, -0.1) is 0 Å². The predicted molar refractivity (Wildman–Crippen MR) is 72.3 cm³/mol. The Bertz CT molecular complexity index is 372. The minimum Gasteiger partial charge on any atom is -0.381 e. The lowest BCUT2D eigenvalue weighted by atomic mass is 10.0. The van der Waals surface area contributed by atoms with E-state index in [0.717, 1.165) is 8.95 Å². The topological polar surface area (TPSA) is 12.0 Å². The van der Waals surface area contributed by atoms with E-state index in [0.29, 0.717) is 11.5 Å². The van der Waals surface area contributed by atoms with Gasteiger partial charge in [0.05, 0.1) is 0 Å². The first-order valence-electron chi connectivity index (χ1n) is 5.23. The zero-order chi connectivity index (χ0) is 11.1. The Morgan fingerprint density at radius 1 is 1.33 bits per heavy atom. The highest BCUT2D eigenvalue weighted by molar-refractivity contribution is 9.11. The second-order valence-corrected chi connectivity index (χ2v) is 6.41. The Kier molecular flexibility index (Phi) is 3.13. The van der Waals surface area contributed by atoms with E-state index in [1.54, 1.807) is 0 Å². The molecule has 1 aromatic carbocycles. The summed E-state index contributed by atoms with van der Waals surface area (Å²) in [7, 11) is 0. The van der Waals surface area contributed by atoms with Crippen LogP contribution in [0.2, 0.25) is 0 Å². The van der Waals surface area contributed by atoms with Crippen LogP contribution >= 0.6 is 31.9 Å². The first-order valence-corrected chi connectivity index (χ1v) is 6.81. The van der Waals surface area contributed by atoms with Crippen molar-refractivity contribution in [1.29, 1.82) is 0 Å². The second-order valence-electron chi connectivity index (χ2n) is 4.64. The Morgan fingerprint density at radius 2 is 2.00 bits per heavy atom. The zero-order valence-corrected chi connectivity index (χ0v) is 12.2. The molecule has 0 saturated heterocycles. The van der Waals surface area contributed by atoms with E-state index in [-0.39, 0.29) is 0 Å². The Balaban J connectivity index is 2.13. The number of hydrogen-bond acceptors (Lipinski definition) is 1. The smallest absolute Gasteiger partial charge is 0.0498 e. The van der Waals surface area contributed by atoms with E-state index >= 15 is 0 Å². The van der Waals surface area contributed by atoms with Crippen LogP contribution in [0.4, 0.5) is 5.69 Å². The summed E-state index contributed by atoms with van der Waals surface area (Å²) < 4.78 is 2.24. The summed E-state index contributed by atoms with van der Waals surface area (Å²) in [5, 5.41) is 3.58. The lowest BCUT2D eigenvalue weighted by molar-refractivity contribution is 0.493. The molecule has 1 saturated carbocycles. The molecular formula is C12H15Br2N. The third-order valence-corrected chi connectivity index (χ3v) is 4.57. The zero-order valence-electron chi connectivity index (χ0n) is 8.98. The molecule has 1 N–H and O–H groups in total. The average Bonchev–Trinajstić information content (AvgIpc) is 2.91. The summed E-state index contributed by atoms with van der Waals surface area (Å²) in [5.74, 6) is 0. The van der Waals surface area contributed by atoms with Crippen molar-refractivity contribution in [1.82, 2.24) is 0 Å². The van der Waals surface area contributed by atoms with Gasteiger partial charge in [-0.05, 0) is 59.3 Å². The maximum atomic E-state index is 3.58. The molecule has 15 heavy (non-hydrogen) atoms. The van der Waals surface area contributed by atoms with Crippen LogP contribution in [0.25, 0.3) is 0 Å². The van der Waals surface area contributed by atoms with E-state index in [1.807, 2.05) is 6.07 Å². The molecule has 0 spiro atoms. The maximum Gasteiger partial charge on any atom is 0.0498 e. The minimum atomic E-state index is 0.502. The summed E-state index contributed by atoms with van der Waals surface area (Å²) in [6.45, 7) is 4.61. The van der Waals surface area contributed by atoms with Crippen molar-refractivity contribution < 1.29 is 0 Å². The van der Waals surface area contributed by atoms with Crippen molar-refractivity contribution in [3.8, 4) is 0 Å². The monoisotopic (exact) mass is 331 g/mol. The summed E-state index contributed by atoms with van der Waals surface area (Å²) >= 11 is 7.05. The summed E-state index contributed by atoms with van der Waals surface area (Å²) in [5.41, 5.74) is 1.67. The molecule has 1 aliphatic carbocycles. The van der Waals surface area contributed by atoms with Crippen LogP contribution in [0.1, 0.15) is 26.7 Å². The summed E-state index contributed by atoms with van der Waals surface area (Å²) in [4.78, 5) is 0.